The van der Waals surface area contributed by atoms with Gasteiger partial charge >= 0.3 is 5.76 Å². The molecule has 0 bridgehead atoms. The molecule has 3 N–H and O–H groups in total. The number of nitrogens with zero attached hydrogens (tertiary/aromatic N) is 1. The van der Waals surface area contributed by atoms with Gasteiger partial charge in [0, 0.05) is 18.7 Å². The van der Waals surface area contributed by atoms with Crippen molar-refractivity contribution in [3.63, 3.8) is 0 Å². The number of piperidine rings is 1. The first kappa shape index (κ1) is 12.1. The number of fused-ring (bicyclic) bond motifs is 1. The zero-order valence-electron chi connectivity index (χ0n) is 11.3. The van der Waals surface area contributed by atoms with Crippen LogP contribution in [0.3, 0.4) is 0 Å². The molecule has 19 heavy (non-hydrogen) atoms. The average molecular weight is 261 g/mol. The predicted molar refractivity (Wildman–Crippen MR) is 76.5 cm³/mol. The first-order valence-electron chi connectivity index (χ1n) is 6.73. The van der Waals surface area contributed by atoms with E-state index in [0.29, 0.717) is 22.8 Å². The predicted octanol–water partition coefficient (Wildman–Crippen LogP) is 2.33. The molecule has 2 aromatic rings. The van der Waals surface area contributed by atoms with Gasteiger partial charge in [-0.25, -0.2) is 4.79 Å². The quantitative estimate of drug-likeness (QED) is 0.772. The van der Waals surface area contributed by atoms with Crippen LogP contribution in [0.2, 0.25) is 0 Å². The van der Waals surface area contributed by atoms with Crippen LogP contribution in [0.4, 0.5) is 11.4 Å². The monoisotopic (exact) mass is 261 g/mol. The summed E-state index contributed by atoms with van der Waals surface area (Å²) in [6.45, 7) is 5.51. The molecular weight excluding hydrogens is 242 g/mol. The fourth-order valence-electron chi connectivity index (χ4n) is 3.02. The molecule has 1 aliphatic heterocycles. The van der Waals surface area contributed by atoms with Crippen molar-refractivity contribution in [2.75, 3.05) is 17.2 Å². The molecule has 2 atom stereocenters. The Bertz CT molecular complexity index is 658. The van der Waals surface area contributed by atoms with Crippen molar-refractivity contribution >= 4 is 22.5 Å². The highest BCUT2D eigenvalue weighted by Crippen LogP contribution is 2.33. The van der Waals surface area contributed by atoms with E-state index in [1.54, 1.807) is 6.07 Å². The van der Waals surface area contributed by atoms with E-state index in [-0.39, 0.29) is 0 Å². The summed E-state index contributed by atoms with van der Waals surface area (Å²) in [7, 11) is 0. The first-order chi connectivity index (χ1) is 9.04. The van der Waals surface area contributed by atoms with Gasteiger partial charge in [0.1, 0.15) is 0 Å². The van der Waals surface area contributed by atoms with E-state index in [0.717, 1.165) is 18.2 Å². The van der Waals surface area contributed by atoms with Gasteiger partial charge < -0.3 is 15.1 Å². The lowest BCUT2D eigenvalue weighted by molar-refractivity contribution is 0.378. The molecule has 5 heteroatoms. The van der Waals surface area contributed by atoms with Crippen molar-refractivity contribution in [1.29, 1.82) is 0 Å². The maximum atomic E-state index is 11.2. The minimum absolute atomic E-state index is 0.438. The summed E-state index contributed by atoms with van der Waals surface area (Å²) >= 11 is 0. The lowest BCUT2D eigenvalue weighted by atomic mass is 9.93. The van der Waals surface area contributed by atoms with Crippen LogP contribution in [0, 0.1) is 5.92 Å². The van der Waals surface area contributed by atoms with Crippen molar-refractivity contribution in [1.82, 2.24) is 4.98 Å². The van der Waals surface area contributed by atoms with Crippen molar-refractivity contribution < 1.29 is 4.42 Å². The minimum atomic E-state index is -0.438. The number of hydrogen-bond donors (Lipinski definition) is 2. The molecule has 0 aliphatic carbocycles. The Labute approximate surface area is 111 Å². The number of aromatic nitrogens is 1. The van der Waals surface area contributed by atoms with Crippen molar-refractivity contribution in [3.05, 3.63) is 22.7 Å². The minimum Gasteiger partial charge on any atom is -0.408 e. The lowest BCUT2D eigenvalue weighted by Gasteiger charge is -2.38. The van der Waals surface area contributed by atoms with Gasteiger partial charge in [0.05, 0.1) is 16.9 Å². The molecule has 1 aromatic heterocycles. The highest BCUT2D eigenvalue weighted by molar-refractivity contribution is 5.85. The van der Waals surface area contributed by atoms with Gasteiger partial charge in [-0.1, -0.05) is 6.92 Å². The molecule has 1 saturated heterocycles. The molecule has 2 heterocycles. The SMILES string of the molecule is CC1CCN(c2cc3[nH]c(=O)oc3cc2N)C(C)C1. The molecule has 102 valence electrons. The van der Waals surface area contributed by atoms with Crippen LogP contribution in [0.15, 0.2) is 21.3 Å². The van der Waals surface area contributed by atoms with Crippen molar-refractivity contribution in [3.8, 4) is 0 Å². The second-order valence-electron chi connectivity index (χ2n) is 5.59. The molecule has 0 amide bonds. The number of H-pyrrole nitrogens is 1. The van der Waals surface area contributed by atoms with Gasteiger partial charge in [-0.05, 0) is 31.7 Å². The highest BCUT2D eigenvalue weighted by atomic mass is 16.4. The number of nitrogen functional groups attached to an aromatic ring is 1. The average Bonchev–Trinajstić information content (AvgIpc) is 2.68. The van der Waals surface area contributed by atoms with E-state index in [2.05, 4.69) is 23.7 Å². The normalized spacial score (nSPS) is 24.0. The van der Waals surface area contributed by atoms with E-state index in [1.807, 2.05) is 6.07 Å². The summed E-state index contributed by atoms with van der Waals surface area (Å²) in [6.07, 6.45) is 2.34. The van der Waals surface area contributed by atoms with E-state index >= 15 is 0 Å². The Kier molecular flexibility index (Phi) is 2.77. The number of anilines is 2. The van der Waals surface area contributed by atoms with E-state index in [9.17, 15) is 4.79 Å². The molecule has 1 fully saturated rings. The topological polar surface area (TPSA) is 75.3 Å². The second-order valence-corrected chi connectivity index (χ2v) is 5.59. The Morgan fingerprint density at radius 1 is 1.42 bits per heavy atom. The number of nitrogens with one attached hydrogen (secondary N) is 1. The lowest BCUT2D eigenvalue weighted by Crippen LogP contribution is -2.40. The standard InChI is InChI=1S/C14H19N3O2/c1-8-3-4-17(9(2)5-8)12-7-11-13(6-10(12)15)19-14(18)16-11/h6-9H,3-5,15H2,1-2H3,(H,16,18). The molecule has 3 rings (SSSR count). The second kappa shape index (κ2) is 4.33. The van der Waals surface area contributed by atoms with Crippen LogP contribution in [0.5, 0.6) is 0 Å². The summed E-state index contributed by atoms with van der Waals surface area (Å²) < 4.78 is 5.03. The third-order valence-electron chi connectivity index (χ3n) is 4.02. The largest absolute Gasteiger partial charge is 0.417 e. The van der Waals surface area contributed by atoms with Crippen LogP contribution in [-0.2, 0) is 0 Å². The van der Waals surface area contributed by atoms with Crippen LogP contribution in [0.25, 0.3) is 11.1 Å². The molecule has 1 aromatic carbocycles. The number of oxazole rings is 1. The summed E-state index contributed by atoms with van der Waals surface area (Å²) in [6, 6.07) is 4.11. The van der Waals surface area contributed by atoms with Gasteiger partial charge in [-0.15, -0.1) is 0 Å². The summed E-state index contributed by atoms with van der Waals surface area (Å²) in [4.78, 5) is 16.2. The Morgan fingerprint density at radius 3 is 2.95 bits per heavy atom. The third-order valence-corrected chi connectivity index (χ3v) is 4.02. The molecule has 0 radical (unpaired) electrons. The van der Waals surface area contributed by atoms with Gasteiger partial charge in [0.25, 0.3) is 0 Å². The van der Waals surface area contributed by atoms with Crippen molar-refractivity contribution in [2.24, 2.45) is 5.92 Å². The van der Waals surface area contributed by atoms with Crippen LogP contribution in [-0.4, -0.2) is 17.6 Å². The number of nitrogens with two attached hydrogens (primary N) is 1. The van der Waals surface area contributed by atoms with Gasteiger partial charge in [-0.2, -0.15) is 0 Å². The number of aromatic amines is 1. The maximum absolute atomic E-state index is 11.2. The smallest absolute Gasteiger partial charge is 0.408 e. The Hall–Kier alpha value is -1.91. The fourth-order valence-corrected chi connectivity index (χ4v) is 3.02. The van der Waals surface area contributed by atoms with E-state index < -0.39 is 5.76 Å². The van der Waals surface area contributed by atoms with Gasteiger partial charge in [-0.3, -0.25) is 4.98 Å². The molecule has 5 nitrogen and oxygen atoms in total. The molecule has 1 aliphatic rings. The Balaban J connectivity index is 2.04. The fraction of sp³-hybridized carbons (Fsp3) is 0.500. The van der Waals surface area contributed by atoms with Crippen LogP contribution >= 0.6 is 0 Å². The number of benzene rings is 1. The molecule has 0 spiro atoms. The summed E-state index contributed by atoms with van der Waals surface area (Å²) in [5.74, 6) is 0.316. The summed E-state index contributed by atoms with van der Waals surface area (Å²) in [5.41, 5.74) is 8.99. The van der Waals surface area contributed by atoms with Crippen LogP contribution in [0.1, 0.15) is 26.7 Å². The maximum Gasteiger partial charge on any atom is 0.417 e. The molecular formula is C14H19N3O2. The van der Waals surface area contributed by atoms with E-state index in [4.69, 9.17) is 10.2 Å². The number of rotatable bonds is 1. The highest BCUT2D eigenvalue weighted by Gasteiger charge is 2.24. The zero-order chi connectivity index (χ0) is 13.6. The zero-order valence-corrected chi connectivity index (χ0v) is 11.3. The van der Waals surface area contributed by atoms with Gasteiger partial charge in [0.15, 0.2) is 5.58 Å². The van der Waals surface area contributed by atoms with Crippen LogP contribution < -0.4 is 16.4 Å². The first-order valence-corrected chi connectivity index (χ1v) is 6.73. The van der Waals surface area contributed by atoms with Crippen molar-refractivity contribution in [2.45, 2.75) is 32.7 Å². The summed E-state index contributed by atoms with van der Waals surface area (Å²) in [5, 5.41) is 0. The third kappa shape index (κ3) is 2.09. The van der Waals surface area contributed by atoms with E-state index in [1.165, 1.54) is 12.8 Å². The molecule has 0 saturated carbocycles. The Morgan fingerprint density at radius 2 is 2.21 bits per heavy atom. The molecule has 2 unspecified atom stereocenters. The van der Waals surface area contributed by atoms with Gasteiger partial charge in [0.2, 0.25) is 0 Å². The number of hydrogen-bond acceptors (Lipinski definition) is 4.